The summed E-state index contributed by atoms with van der Waals surface area (Å²) in [7, 11) is 0. The van der Waals surface area contributed by atoms with Crippen LogP contribution in [0.2, 0.25) is 0 Å². The van der Waals surface area contributed by atoms with Crippen molar-refractivity contribution in [3.63, 3.8) is 0 Å². The van der Waals surface area contributed by atoms with Crippen molar-refractivity contribution in [2.45, 2.75) is 154 Å². The van der Waals surface area contributed by atoms with Crippen molar-refractivity contribution in [3.8, 4) is 0 Å². The van der Waals surface area contributed by atoms with Gasteiger partial charge in [0.15, 0.2) is 5.78 Å². The summed E-state index contributed by atoms with van der Waals surface area (Å²) in [6.45, 7) is 1.39. The van der Waals surface area contributed by atoms with Gasteiger partial charge >= 0.3 is 17.9 Å². The van der Waals surface area contributed by atoms with Gasteiger partial charge in [-0.1, -0.05) is 116 Å². The maximum Gasteiger partial charge on any atom is 0.339 e. The molecule has 288 valence electrons. The van der Waals surface area contributed by atoms with Crippen LogP contribution in [0.5, 0.6) is 0 Å². The first kappa shape index (κ1) is 42.8. The molecule has 0 fully saturated rings. The molecule has 0 saturated heterocycles. The molecule has 1 aliphatic heterocycles. The molecule has 0 amide bonds. The molecule has 52 heavy (non-hydrogen) atoms. The van der Waals surface area contributed by atoms with E-state index >= 15 is 0 Å². The van der Waals surface area contributed by atoms with Gasteiger partial charge in [-0.05, 0) is 43.4 Å². The fraction of sp³-hybridized carbons (Fsp3) is 0.667. The average molecular weight is 723 g/mol. The summed E-state index contributed by atoms with van der Waals surface area (Å²) < 4.78 is 21.9. The topological polar surface area (TPSA) is 131 Å². The lowest BCUT2D eigenvalue weighted by atomic mass is 10.1. The fourth-order valence-corrected chi connectivity index (χ4v) is 6.25. The minimum absolute atomic E-state index is 0.0642. The molecule has 4 bridgehead atoms. The van der Waals surface area contributed by atoms with Gasteiger partial charge < -0.3 is 18.9 Å². The Balaban J connectivity index is 1.35. The Morgan fingerprint density at radius 2 is 0.731 bits per heavy atom. The number of esters is 3. The SMILES string of the molecule is O=C1CCCCCCCCCCCCOC(=O)c2cncc(c2)C(=O)OCCCCCCCCCCCCCCOC(=O)c2cncc(c2)COC1. The smallest absolute Gasteiger partial charge is 0.339 e. The third-order valence-electron chi connectivity index (χ3n) is 9.36. The van der Waals surface area contributed by atoms with Crippen LogP contribution in [0, 0.1) is 0 Å². The summed E-state index contributed by atoms with van der Waals surface area (Å²) in [5, 5.41) is 0. The molecule has 0 radical (unpaired) electrons. The highest BCUT2D eigenvalue weighted by Crippen LogP contribution is 2.15. The third-order valence-corrected chi connectivity index (χ3v) is 9.36. The van der Waals surface area contributed by atoms with Crippen molar-refractivity contribution in [2.75, 3.05) is 26.4 Å². The largest absolute Gasteiger partial charge is 0.462 e. The van der Waals surface area contributed by atoms with Crippen molar-refractivity contribution in [2.24, 2.45) is 0 Å². The molecule has 0 aliphatic carbocycles. The second kappa shape index (κ2) is 27.9. The molecule has 3 heterocycles. The zero-order chi connectivity index (χ0) is 36.9. The Labute approximate surface area is 311 Å². The van der Waals surface area contributed by atoms with Crippen molar-refractivity contribution in [1.82, 2.24) is 9.97 Å². The number of nitrogens with zero attached hydrogens (tertiary/aromatic N) is 2. The second-order valence-electron chi connectivity index (χ2n) is 14.0. The van der Waals surface area contributed by atoms with Crippen LogP contribution in [0.3, 0.4) is 0 Å². The Hall–Kier alpha value is -3.66. The van der Waals surface area contributed by atoms with Gasteiger partial charge in [-0.25, -0.2) is 14.4 Å². The van der Waals surface area contributed by atoms with Crippen LogP contribution in [0.1, 0.15) is 184 Å². The van der Waals surface area contributed by atoms with Gasteiger partial charge in [0.1, 0.15) is 6.61 Å². The number of carbonyl (C=O) groups excluding carboxylic acids is 4. The lowest BCUT2D eigenvalue weighted by Gasteiger charge is -2.08. The van der Waals surface area contributed by atoms with E-state index in [9.17, 15) is 19.2 Å². The predicted molar refractivity (Wildman–Crippen MR) is 200 cm³/mol. The normalized spacial score (nSPS) is 19.8. The van der Waals surface area contributed by atoms with Crippen LogP contribution in [-0.4, -0.2) is 60.1 Å². The molecule has 3 rings (SSSR count). The van der Waals surface area contributed by atoms with Crippen LogP contribution in [-0.2, 0) is 30.3 Å². The van der Waals surface area contributed by atoms with E-state index in [0.29, 0.717) is 31.8 Å². The highest BCUT2D eigenvalue weighted by Gasteiger charge is 2.14. The molecule has 0 aromatic carbocycles. The number of ketones is 1. The zero-order valence-corrected chi connectivity index (χ0v) is 31.4. The van der Waals surface area contributed by atoms with Crippen LogP contribution in [0.4, 0.5) is 0 Å². The van der Waals surface area contributed by atoms with Crippen molar-refractivity contribution < 1.29 is 38.1 Å². The number of ether oxygens (including phenoxy) is 4. The number of aromatic nitrogens is 2. The zero-order valence-electron chi connectivity index (χ0n) is 31.4. The molecule has 10 nitrogen and oxygen atoms in total. The Morgan fingerprint density at radius 3 is 1.15 bits per heavy atom. The van der Waals surface area contributed by atoms with Crippen molar-refractivity contribution in [3.05, 3.63) is 59.2 Å². The number of carbonyl (C=O) groups is 4. The predicted octanol–water partition coefficient (Wildman–Crippen LogP) is 9.72. The minimum atomic E-state index is -0.469. The number of fused-ring (bicyclic) bond motifs is 4. The molecule has 1 aliphatic rings. The van der Waals surface area contributed by atoms with Crippen LogP contribution < -0.4 is 0 Å². The molecule has 2 aromatic rings. The lowest BCUT2D eigenvalue weighted by molar-refractivity contribution is -0.124. The summed E-state index contributed by atoms with van der Waals surface area (Å²) in [5.41, 5.74) is 1.68. The van der Waals surface area contributed by atoms with E-state index in [1.165, 1.54) is 76.0 Å². The highest BCUT2D eigenvalue weighted by atomic mass is 16.5. The van der Waals surface area contributed by atoms with E-state index in [0.717, 1.165) is 95.5 Å². The summed E-state index contributed by atoms with van der Waals surface area (Å²) in [4.78, 5) is 58.0. The lowest BCUT2D eigenvalue weighted by Crippen LogP contribution is -2.11. The van der Waals surface area contributed by atoms with E-state index in [4.69, 9.17) is 18.9 Å². The summed E-state index contributed by atoms with van der Waals surface area (Å²) >= 11 is 0. The molecule has 10 heteroatoms. The van der Waals surface area contributed by atoms with E-state index in [2.05, 4.69) is 9.97 Å². The van der Waals surface area contributed by atoms with Gasteiger partial charge in [0.25, 0.3) is 0 Å². The Kier molecular flexibility index (Phi) is 23.0. The van der Waals surface area contributed by atoms with E-state index in [1.807, 2.05) is 0 Å². The maximum atomic E-state index is 12.5. The molecule has 0 spiro atoms. The molecule has 0 unspecified atom stereocenters. The highest BCUT2D eigenvalue weighted by molar-refractivity contribution is 5.94. The number of hydrogen-bond donors (Lipinski definition) is 0. The quantitative estimate of drug-likeness (QED) is 0.191. The van der Waals surface area contributed by atoms with Gasteiger partial charge in [-0.3, -0.25) is 14.8 Å². The number of pyridine rings is 2. The molecular formula is C42H62N2O8. The van der Waals surface area contributed by atoms with E-state index < -0.39 is 11.9 Å². The van der Waals surface area contributed by atoms with Crippen molar-refractivity contribution >= 4 is 23.7 Å². The summed E-state index contributed by atoms with van der Waals surface area (Å²) in [5.74, 6) is -1.22. The van der Waals surface area contributed by atoms with Gasteiger partial charge in [0.2, 0.25) is 0 Å². The third kappa shape index (κ3) is 19.8. The summed E-state index contributed by atoms with van der Waals surface area (Å²) in [6, 6.07) is 3.23. The molecular weight excluding hydrogens is 660 g/mol. The molecule has 0 saturated carbocycles. The van der Waals surface area contributed by atoms with E-state index in [1.54, 1.807) is 12.3 Å². The standard InChI is InChI=1S/C42H62N2O8/c45-39-23-19-15-11-7-3-6-10-14-18-22-26-52-42(48)38-28-37(31-44-32-38)41(47)51-25-21-17-13-9-5-2-1-4-8-12-16-20-24-50-40(46)36-27-35(29-43-30-36)33-49-34-39/h27-32H,1-26,33-34H2. The average Bonchev–Trinajstić information content (AvgIpc) is 3.16. The monoisotopic (exact) mass is 722 g/mol. The summed E-state index contributed by atoms with van der Waals surface area (Å²) in [6.07, 6.45) is 30.3. The number of rotatable bonds is 0. The number of Topliss-reactive ketones (excluding diaryl/α,β-unsaturated/α-hetero) is 1. The van der Waals surface area contributed by atoms with Gasteiger partial charge in [0, 0.05) is 31.2 Å². The Morgan fingerprint density at radius 1 is 0.385 bits per heavy atom. The minimum Gasteiger partial charge on any atom is -0.462 e. The van der Waals surface area contributed by atoms with Gasteiger partial charge in [-0.2, -0.15) is 0 Å². The fourth-order valence-electron chi connectivity index (χ4n) is 6.25. The maximum absolute atomic E-state index is 12.5. The van der Waals surface area contributed by atoms with Crippen molar-refractivity contribution in [1.29, 1.82) is 0 Å². The first-order valence-electron chi connectivity index (χ1n) is 20.0. The van der Waals surface area contributed by atoms with Crippen LogP contribution in [0.15, 0.2) is 36.9 Å². The van der Waals surface area contributed by atoms with Crippen LogP contribution >= 0.6 is 0 Å². The molecule has 0 N–H and O–H groups in total. The first-order valence-corrected chi connectivity index (χ1v) is 20.0. The van der Waals surface area contributed by atoms with Gasteiger partial charge in [-0.15, -0.1) is 0 Å². The van der Waals surface area contributed by atoms with E-state index in [-0.39, 0.29) is 36.1 Å². The number of cyclic esters (lactones) is 3. The first-order chi connectivity index (χ1) is 25.5. The number of hydrogen-bond acceptors (Lipinski definition) is 10. The van der Waals surface area contributed by atoms with Gasteiger partial charge in [0.05, 0.1) is 43.1 Å². The second-order valence-corrected chi connectivity index (χ2v) is 14.0. The Bertz CT molecular complexity index is 1320. The van der Waals surface area contributed by atoms with Crippen LogP contribution in [0.25, 0.3) is 0 Å². The molecule has 0 atom stereocenters. The molecule has 2 aromatic heterocycles.